The molecule has 0 unspecified atom stereocenters. The van der Waals surface area contributed by atoms with Gasteiger partial charge < -0.3 is 21.7 Å². The molecule has 1 aliphatic heterocycles. The molecular weight excluding hydrogens is 523 g/mol. The van der Waals surface area contributed by atoms with Crippen molar-refractivity contribution in [1.29, 1.82) is 0 Å². The number of hydrogen-bond acceptors (Lipinski definition) is 7. The van der Waals surface area contributed by atoms with Gasteiger partial charge >= 0.3 is 6.18 Å². The maximum absolute atomic E-state index is 13.5. The van der Waals surface area contributed by atoms with Crippen LogP contribution in [0.4, 0.5) is 30.2 Å². The van der Waals surface area contributed by atoms with Crippen LogP contribution in [0, 0.1) is 0 Å². The Bertz CT molecular complexity index is 1320. The molecule has 1 aliphatic rings. The number of nitrogens with two attached hydrogens (primary N) is 2. The van der Waals surface area contributed by atoms with Crippen molar-refractivity contribution in [3.63, 3.8) is 0 Å². The SMILES string of the molecule is N/C=C\C(=O)C(=O)Nc1ccc(N2CCCCC2)cc1C(=O)/C(C=Nc1ccc(Cl)c(C(F)(F)F)c1)=C/N. The molecule has 2 aromatic rings. The molecule has 2 aromatic carbocycles. The third-order valence-corrected chi connectivity index (χ3v) is 6.07. The minimum atomic E-state index is -4.69. The highest BCUT2D eigenvalue weighted by Gasteiger charge is 2.33. The molecular formula is C26H25ClF3N5O3. The first-order valence-electron chi connectivity index (χ1n) is 11.5. The smallest absolute Gasteiger partial charge is 0.404 e. The van der Waals surface area contributed by atoms with Crippen LogP contribution in [0.25, 0.3) is 0 Å². The number of Topliss-reactive ketones (excluding diaryl/α,β-unsaturated/α-hetero) is 1. The van der Waals surface area contributed by atoms with Gasteiger partial charge in [0.1, 0.15) is 0 Å². The lowest BCUT2D eigenvalue weighted by Gasteiger charge is -2.29. The number of allylic oxidation sites excluding steroid dienone is 1. The van der Waals surface area contributed by atoms with Crippen molar-refractivity contribution in [1.82, 2.24) is 0 Å². The highest BCUT2D eigenvalue weighted by atomic mass is 35.5. The van der Waals surface area contributed by atoms with E-state index in [1.165, 1.54) is 12.1 Å². The number of nitrogens with one attached hydrogen (secondary N) is 1. The van der Waals surface area contributed by atoms with Crippen LogP contribution in [0.1, 0.15) is 35.2 Å². The lowest BCUT2D eigenvalue weighted by Crippen LogP contribution is -2.29. The summed E-state index contributed by atoms with van der Waals surface area (Å²) in [6, 6.07) is 7.82. The number of halogens is 4. The van der Waals surface area contributed by atoms with Crippen molar-refractivity contribution >= 4 is 52.4 Å². The quantitative estimate of drug-likeness (QED) is 0.189. The van der Waals surface area contributed by atoms with Gasteiger partial charge in [-0.05, 0) is 61.9 Å². The minimum Gasteiger partial charge on any atom is -0.404 e. The molecule has 1 fully saturated rings. The number of rotatable bonds is 8. The second kappa shape index (κ2) is 12.4. The Kier molecular flexibility index (Phi) is 9.30. The zero-order chi connectivity index (χ0) is 27.9. The van der Waals surface area contributed by atoms with Crippen molar-refractivity contribution in [2.24, 2.45) is 16.5 Å². The largest absolute Gasteiger partial charge is 0.417 e. The lowest BCUT2D eigenvalue weighted by molar-refractivity contribution is -0.137. The fourth-order valence-corrected chi connectivity index (χ4v) is 4.04. The van der Waals surface area contributed by atoms with Gasteiger partial charge in [-0.3, -0.25) is 19.4 Å². The molecule has 200 valence electrons. The summed E-state index contributed by atoms with van der Waals surface area (Å²) in [5.74, 6) is -2.61. The number of carbonyl (C=O) groups excluding carboxylic acids is 3. The molecule has 8 nitrogen and oxygen atoms in total. The van der Waals surface area contributed by atoms with Gasteiger partial charge in [0.2, 0.25) is 5.78 Å². The standard InChI is InChI=1S/C26H25ClF3N5O3/c27-21-6-4-17(12-20(21)26(28,29)30)33-15-16(14-32)24(37)19-13-18(35-10-2-1-3-11-35)5-7-22(19)34-25(38)23(36)8-9-31/h4-9,12-15H,1-3,10-11,31-32H2,(H,34,38)/b9-8-,16-14+,33-15?. The van der Waals surface area contributed by atoms with E-state index in [4.69, 9.17) is 23.1 Å². The van der Waals surface area contributed by atoms with Gasteiger partial charge in [-0.15, -0.1) is 0 Å². The molecule has 0 radical (unpaired) electrons. The molecule has 12 heteroatoms. The molecule has 3 rings (SSSR count). The molecule has 1 heterocycles. The first-order chi connectivity index (χ1) is 18.0. The molecule has 0 bridgehead atoms. The van der Waals surface area contributed by atoms with E-state index in [1.807, 2.05) is 0 Å². The Morgan fingerprint density at radius 1 is 1.03 bits per heavy atom. The summed E-state index contributed by atoms with van der Waals surface area (Å²) in [5.41, 5.74) is 10.3. The second-order valence-electron chi connectivity index (χ2n) is 8.33. The first-order valence-corrected chi connectivity index (χ1v) is 11.9. The molecule has 0 saturated carbocycles. The normalized spacial score (nSPS) is 14.7. The van der Waals surface area contributed by atoms with Gasteiger partial charge in [0, 0.05) is 42.8 Å². The number of aliphatic imine (C=N–C) groups is 1. The molecule has 5 N–H and O–H groups in total. The zero-order valence-corrected chi connectivity index (χ0v) is 20.9. The summed E-state index contributed by atoms with van der Waals surface area (Å²) in [4.78, 5) is 43.7. The maximum Gasteiger partial charge on any atom is 0.417 e. The molecule has 0 atom stereocenters. The van der Waals surface area contributed by atoms with Crippen LogP contribution in [-0.2, 0) is 15.8 Å². The monoisotopic (exact) mass is 547 g/mol. The predicted octanol–water partition coefficient (Wildman–Crippen LogP) is 4.76. The molecule has 0 spiro atoms. The number of alkyl halides is 3. The molecule has 38 heavy (non-hydrogen) atoms. The summed E-state index contributed by atoms with van der Waals surface area (Å²) in [7, 11) is 0. The van der Waals surface area contributed by atoms with Gasteiger partial charge in [-0.2, -0.15) is 13.2 Å². The van der Waals surface area contributed by atoms with Crippen LogP contribution in [0.15, 0.2) is 65.4 Å². The summed E-state index contributed by atoms with van der Waals surface area (Å²) < 4.78 is 39.6. The zero-order valence-electron chi connectivity index (χ0n) is 20.1. The highest BCUT2D eigenvalue weighted by Crippen LogP contribution is 2.37. The maximum atomic E-state index is 13.5. The number of anilines is 2. The van der Waals surface area contributed by atoms with Crippen molar-refractivity contribution in [2.75, 3.05) is 23.3 Å². The number of hydrogen-bond donors (Lipinski definition) is 3. The van der Waals surface area contributed by atoms with Crippen molar-refractivity contribution in [3.05, 3.63) is 76.6 Å². The number of nitrogens with zero attached hydrogens (tertiary/aromatic N) is 2. The van der Waals surface area contributed by atoms with E-state index in [0.717, 1.165) is 74.9 Å². The van der Waals surface area contributed by atoms with Crippen LogP contribution in [0.3, 0.4) is 0 Å². The van der Waals surface area contributed by atoms with E-state index in [-0.39, 0.29) is 22.5 Å². The fraction of sp³-hybridized carbons (Fsp3) is 0.231. The van der Waals surface area contributed by atoms with Crippen molar-refractivity contribution < 1.29 is 27.6 Å². The number of amides is 1. The van der Waals surface area contributed by atoms with Gasteiger partial charge in [0.15, 0.2) is 5.78 Å². The lowest BCUT2D eigenvalue weighted by atomic mass is 10.0. The summed E-state index contributed by atoms with van der Waals surface area (Å²) in [6.07, 6.45) is 2.11. The number of carbonyl (C=O) groups is 3. The van der Waals surface area contributed by atoms with Crippen LogP contribution < -0.4 is 21.7 Å². The number of ketones is 2. The van der Waals surface area contributed by atoms with Gasteiger partial charge in [0.05, 0.1) is 27.5 Å². The van der Waals surface area contributed by atoms with Gasteiger partial charge in [0.25, 0.3) is 5.91 Å². The Morgan fingerprint density at radius 2 is 1.74 bits per heavy atom. The third-order valence-electron chi connectivity index (χ3n) is 5.74. The average molecular weight is 548 g/mol. The van der Waals surface area contributed by atoms with Crippen molar-refractivity contribution in [2.45, 2.75) is 25.4 Å². The Morgan fingerprint density at radius 3 is 2.37 bits per heavy atom. The van der Waals surface area contributed by atoms with Crippen molar-refractivity contribution in [3.8, 4) is 0 Å². The van der Waals surface area contributed by atoms with E-state index in [9.17, 15) is 27.6 Å². The third kappa shape index (κ3) is 7.00. The topological polar surface area (TPSA) is 131 Å². The first kappa shape index (κ1) is 28.5. The van der Waals surface area contributed by atoms with E-state index in [2.05, 4.69) is 15.2 Å². The van der Waals surface area contributed by atoms with Crippen LogP contribution in [0.2, 0.25) is 5.02 Å². The second-order valence-corrected chi connectivity index (χ2v) is 8.73. The average Bonchev–Trinajstić information content (AvgIpc) is 2.90. The Balaban J connectivity index is 1.97. The number of piperidine rings is 1. The van der Waals surface area contributed by atoms with Crippen LogP contribution in [0.5, 0.6) is 0 Å². The van der Waals surface area contributed by atoms with Gasteiger partial charge in [-0.1, -0.05) is 11.6 Å². The summed E-state index contributed by atoms with van der Waals surface area (Å²) in [6.45, 7) is 1.55. The van der Waals surface area contributed by atoms with E-state index in [1.54, 1.807) is 12.1 Å². The van der Waals surface area contributed by atoms with E-state index >= 15 is 0 Å². The van der Waals surface area contributed by atoms with Gasteiger partial charge in [-0.25, -0.2) is 0 Å². The molecule has 0 aromatic heterocycles. The summed E-state index contributed by atoms with van der Waals surface area (Å²) in [5, 5.41) is 1.91. The molecule has 1 amide bonds. The Hall–Kier alpha value is -4.12. The fourth-order valence-electron chi connectivity index (χ4n) is 3.81. The van der Waals surface area contributed by atoms with Crippen LogP contribution >= 0.6 is 11.6 Å². The highest BCUT2D eigenvalue weighted by molar-refractivity contribution is 6.45. The predicted molar refractivity (Wildman–Crippen MR) is 141 cm³/mol. The minimum absolute atomic E-state index is 0.0150. The molecule has 1 saturated heterocycles. The van der Waals surface area contributed by atoms with E-state index < -0.39 is 34.2 Å². The van der Waals surface area contributed by atoms with E-state index in [0.29, 0.717) is 0 Å². The summed E-state index contributed by atoms with van der Waals surface area (Å²) >= 11 is 5.65. The number of benzene rings is 2. The Labute approximate surface area is 221 Å². The van der Waals surface area contributed by atoms with Crippen LogP contribution in [-0.4, -0.2) is 36.8 Å². The molecule has 0 aliphatic carbocycles.